The first-order valence-electron chi connectivity index (χ1n) is 12.3. The highest BCUT2D eigenvalue weighted by Crippen LogP contribution is 2.38. The van der Waals surface area contributed by atoms with E-state index in [-0.39, 0.29) is 17.0 Å². The number of anilines is 2. The molecule has 4 aromatic rings. The number of ether oxygens (including phenoxy) is 2. The van der Waals surface area contributed by atoms with E-state index in [2.05, 4.69) is 9.88 Å². The van der Waals surface area contributed by atoms with Gasteiger partial charge in [-0.1, -0.05) is 6.07 Å². The van der Waals surface area contributed by atoms with E-state index in [0.29, 0.717) is 11.8 Å². The summed E-state index contributed by atoms with van der Waals surface area (Å²) in [5.74, 6) is 0.806. The Hall–Kier alpha value is -3.83. The zero-order valence-corrected chi connectivity index (χ0v) is 22.7. The molecule has 200 valence electrons. The monoisotopic (exact) mass is 537 g/mol. The van der Waals surface area contributed by atoms with Gasteiger partial charge in [0.15, 0.2) is 0 Å². The molecule has 2 N–H and O–H groups in total. The number of aromatic nitrogens is 2. The van der Waals surface area contributed by atoms with E-state index < -0.39 is 10.0 Å². The number of nitrogens with zero attached hydrogens (tertiary/aromatic N) is 4. The van der Waals surface area contributed by atoms with Crippen LogP contribution in [0.15, 0.2) is 53.4 Å². The molecule has 1 fully saturated rings. The van der Waals surface area contributed by atoms with Crippen LogP contribution in [0.1, 0.15) is 26.2 Å². The van der Waals surface area contributed by atoms with Gasteiger partial charge in [-0.2, -0.15) is 4.98 Å². The van der Waals surface area contributed by atoms with Crippen molar-refractivity contribution in [2.75, 3.05) is 30.6 Å². The van der Waals surface area contributed by atoms with Crippen molar-refractivity contribution in [2.24, 2.45) is 12.2 Å². The molecular weight excluding hydrogens is 506 g/mol. The highest BCUT2D eigenvalue weighted by atomic mass is 32.2. The van der Waals surface area contributed by atoms with Crippen LogP contribution in [-0.4, -0.2) is 50.8 Å². The number of benzene rings is 2. The standard InChI is InChI=1S/C27H31N5O5S/c1-17(33)32(26-7-5-6-14-31(26)23-12-13-25(36-3)29-27(23)37-4)18-8-10-20-21-16-19(38(28,34)35)9-11-22(21)30(2)24(20)15-18/h8-13,15-16,26H,5-7,14H2,1-4H3,(H2,28,34,35). The molecule has 1 saturated heterocycles. The highest BCUT2D eigenvalue weighted by molar-refractivity contribution is 7.89. The van der Waals surface area contributed by atoms with Gasteiger partial charge < -0.3 is 18.9 Å². The van der Waals surface area contributed by atoms with Gasteiger partial charge in [-0.05, 0) is 55.7 Å². The maximum absolute atomic E-state index is 13.2. The molecule has 1 atom stereocenters. The van der Waals surface area contributed by atoms with E-state index in [0.717, 1.165) is 59.0 Å². The van der Waals surface area contributed by atoms with Crippen LogP contribution in [0.4, 0.5) is 11.4 Å². The maximum atomic E-state index is 13.2. The smallest absolute Gasteiger partial charge is 0.240 e. The van der Waals surface area contributed by atoms with E-state index in [1.165, 1.54) is 6.07 Å². The minimum absolute atomic E-state index is 0.0619. The number of amides is 1. The molecule has 0 bridgehead atoms. The van der Waals surface area contributed by atoms with Crippen molar-refractivity contribution in [3.8, 4) is 11.8 Å². The molecule has 0 radical (unpaired) electrons. The molecule has 1 unspecified atom stereocenters. The van der Waals surface area contributed by atoms with Gasteiger partial charge in [-0.15, -0.1) is 0 Å². The maximum Gasteiger partial charge on any atom is 0.240 e. The lowest BCUT2D eigenvalue weighted by atomic mass is 10.0. The van der Waals surface area contributed by atoms with E-state index in [1.54, 1.807) is 39.3 Å². The molecular formula is C27H31N5O5S. The predicted octanol–water partition coefficient (Wildman–Crippen LogP) is 3.76. The minimum atomic E-state index is -3.83. The Balaban J connectivity index is 1.62. The molecule has 1 aliphatic rings. The molecule has 1 aliphatic heterocycles. The lowest BCUT2D eigenvalue weighted by molar-refractivity contribution is -0.117. The average molecular weight is 538 g/mol. The van der Waals surface area contributed by atoms with E-state index >= 15 is 0 Å². The number of pyridine rings is 1. The topological polar surface area (TPSA) is 120 Å². The third kappa shape index (κ3) is 4.41. The van der Waals surface area contributed by atoms with Crippen LogP contribution < -0.4 is 24.4 Å². The number of hydrogen-bond acceptors (Lipinski definition) is 7. The van der Waals surface area contributed by atoms with Gasteiger partial charge in [0.25, 0.3) is 0 Å². The lowest BCUT2D eigenvalue weighted by Gasteiger charge is -2.43. The number of sulfonamides is 1. The van der Waals surface area contributed by atoms with Gasteiger partial charge in [0.1, 0.15) is 11.9 Å². The summed E-state index contributed by atoms with van der Waals surface area (Å²) in [4.78, 5) is 21.7. The average Bonchev–Trinajstić information content (AvgIpc) is 3.19. The van der Waals surface area contributed by atoms with Crippen LogP contribution >= 0.6 is 0 Å². The van der Waals surface area contributed by atoms with Gasteiger partial charge in [-0.3, -0.25) is 9.69 Å². The fourth-order valence-electron chi connectivity index (χ4n) is 5.43. The Morgan fingerprint density at radius 1 is 1.03 bits per heavy atom. The molecule has 0 aliphatic carbocycles. The second-order valence-corrected chi connectivity index (χ2v) is 11.0. The number of piperidine rings is 1. The Morgan fingerprint density at radius 3 is 2.50 bits per heavy atom. The molecule has 1 amide bonds. The molecule has 0 spiro atoms. The molecule has 38 heavy (non-hydrogen) atoms. The normalized spacial score (nSPS) is 16.1. The fraction of sp³-hybridized carbons (Fsp3) is 0.333. The van der Waals surface area contributed by atoms with Crippen molar-refractivity contribution in [1.82, 2.24) is 9.55 Å². The second-order valence-electron chi connectivity index (χ2n) is 9.43. The molecule has 5 rings (SSSR count). The quantitative estimate of drug-likeness (QED) is 0.398. The van der Waals surface area contributed by atoms with Crippen LogP contribution in [0, 0.1) is 0 Å². The summed E-state index contributed by atoms with van der Waals surface area (Å²) in [6, 6.07) is 14.4. The SMILES string of the molecule is COc1ccc(N2CCCCC2N(C(C)=O)c2ccc3c4cc(S(N)(=O)=O)ccc4n(C)c3c2)c(OC)n1. The van der Waals surface area contributed by atoms with E-state index in [4.69, 9.17) is 14.6 Å². The largest absolute Gasteiger partial charge is 0.481 e. The molecule has 10 nitrogen and oxygen atoms in total. The number of primary sulfonamides is 1. The summed E-state index contributed by atoms with van der Waals surface area (Å²) >= 11 is 0. The number of carbonyl (C=O) groups excluding carboxylic acids is 1. The van der Waals surface area contributed by atoms with Crippen molar-refractivity contribution in [1.29, 1.82) is 0 Å². The molecule has 3 heterocycles. The molecule has 2 aromatic carbocycles. The number of methoxy groups -OCH3 is 2. The number of fused-ring (bicyclic) bond motifs is 3. The van der Waals surface area contributed by atoms with Gasteiger partial charge in [0.2, 0.25) is 27.7 Å². The zero-order chi connectivity index (χ0) is 27.2. The van der Waals surface area contributed by atoms with Crippen LogP contribution in [0.3, 0.4) is 0 Å². The van der Waals surface area contributed by atoms with E-state index in [1.807, 2.05) is 40.8 Å². The van der Waals surface area contributed by atoms with Gasteiger partial charge >= 0.3 is 0 Å². The summed E-state index contributed by atoms with van der Waals surface area (Å²) in [6.45, 7) is 2.31. The highest BCUT2D eigenvalue weighted by Gasteiger charge is 2.33. The molecule has 2 aromatic heterocycles. The van der Waals surface area contributed by atoms with Crippen molar-refractivity contribution in [3.63, 3.8) is 0 Å². The second kappa shape index (κ2) is 9.80. The van der Waals surface area contributed by atoms with Gasteiger partial charge in [-0.25, -0.2) is 13.6 Å². The predicted molar refractivity (Wildman–Crippen MR) is 147 cm³/mol. The fourth-order valence-corrected chi connectivity index (χ4v) is 5.97. The number of carbonyl (C=O) groups is 1. The first kappa shape index (κ1) is 25.8. The van der Waals surface area contributed by atoms with Crippen molar-refractivity contribution in [2.45, 2.75) is 37.2 Å². The molecule has 11 heteroatoms. The zero-order valence-electron chi connectivity index (χ0n) is 21.8. The Bertz CT molecular complexity index is 1650. The first-order chi connectivity index (χ1) is 18.1. The van der Waals surface area contributed by atoms with Crippen LogP contribution in [0.2, 0.25) is 0 Å². The summed E-state index contributed by atoms with van der Waals surface area (Å²) in [5.41, 5.74) is 3.29. The number of nitrogens with two attached hydrogens (primary N) is 1. The van der Waals surface area contributed by atoms with Crippen LogP contribution in [-0.2, 0) is 21.9 Å². The summed E-state index contributed by atoms with van der Waals surface area (Å²) < 4.78 is 36.7. The Labute approximate surface area is 221 Å². The number of rotatable bonds is 6. The van der Waals surface area contributed by atoms with E-state index in [9.17, 15) is 13.2 Å². The van der Waals surface area contributed by atoms with Crippen molar-refractivity contribution in [3.05, 3.63) is 48.5 Å². The van der Waals surface area contributed by atoms with Gasteiger partial charge in [0, 0.05) is 48.6 Å². The summed E-state index contributed by atoms with van der Waals surface area (Å²) in [7, 11) is 1.21. The third-order valence-corrected chi connectivity index (χ3v) is 8.11. The molecule has 0 saturated carbocycles. The van der Waals surface area contributed by atoms with Gasteiger partial charge in [0.05, 0.1) is 24.6 Å². The Kier molecular flexibility index (Phi) is 6.66. The first-order valence-corrected chi connectivity index (χ1v) is 13.9. The number of aryl methyl sites for hydroxylation is 1. The van der Waals surface area contributed by atoms with Crippen LogP contribution in [0.5, 0.6) is 11.8 Å². The summed E-state index contributed by atoms with van der Waals surface area (Å²) in [5, 5.41) is 7.03. The third-order valence-electron chi connectivity index (χ3n) is 7.20. The minimum Gasteiger partial charge on any atom is -0.481 e. The Morgan fingerprint density at radius 2 is 1.82 bits per heavy atom. The summed E-state index contributed by atoms with van der Waals surface area (Å²) in [6.07, 6.45) is 2.49. The number of hydrogen-bond donors (Lipinski definition) is 1. The van der Waals surface area contributed by atoms with Crippen molar-refractivity contribution < 1.29 is 22.7 Å². The lowest BCUT2D eigenvalue weighted by Crippen LogP contribution is -2.53. The van der Waals surface area contributed by atoms with Crippen LogP contribution in [0.25, 0.3) is 21.8 Å². The van der Waals surface area contributed by atoms with Crippen molar-refractivity contribution >= 4 is 49.1 Å².